The molecular weight excluding hydrogens is 198 g/mol. The van der Waals surface area contributed by atoms with Crippen molar-refractivity contribution < 1.29 is 19.7 Å². The monoisotopic (exact) mass is 217 g/mol. The van der Waals surface area contributed by atoms with Crippen molar-refractivity contribution >= 4 is 5.97 Å². The summed E-state index contributed by atoms with van der Waals surface area (Å²) in [6.45, 7) is 4.47. The van der Waals surface area contributed by atoms with Crippen molar-refractivity contribution in [2.45, 2.75) is 32.1 Å². The average molecular weight is 217 g/mol. The van der Waals surface area contributed by atoms with Gasteiger partial charge in [-0.15, -0.1) is 0 Å². The van der Waals surface area contributed by atoms with Crippen molar-refractivity contribution in [1.82, 2.24) is 4.90 Å². The van der Waals surface area contributed by atoms with E-state index in [2.05, 4.69) is 0 Å². The molecule has 5 nitrogen and oxygen atoms in total. The van der Waals surface area contributed by atoms with E-state index in [-0.39, 0.29) is 17.9 Å². The van der Waals surface area contributed by atoms with Crippen LogP contribution in [0, 0.1) is 5.92 Å². The summed E-state index contributed by atoms with van der Waals surface area (Å²) in [7, 11) is 1.35. The van der Waals surface area contributed by atoms with Gasteiger partial charge in [-0.05, 0) is 5.92 Å². The molecule has 0 aromatic heterocycles. The van der Waals surface area contributed by atoms with Gasteiger partial charge < -0.3 is 14.9 Å². The lowest BCUT2D eigenvalue weighted by Crippen LogP contribution is -2.44. The second kappa shape index (κ2) is 4.92. The van der Waals surface area contributed by atoms with Crippen LogP contribution >= 0.6 is 0 Å². The van der Waals surface area contributed by atoms with Gasteiger partial charge in [0.15, 0.2) is 0 Å². The molecule has 3 atom stereocenters. The van der Waals surface area contributed by atoms with Crippen molar-refractivity contribution in [1.29, 1.82) is 0 Å². The van der Waals surface area contributed by atoms with E-state index in [0.717, 1.165) is 0 Å². The molecule has 0 amide bonds. The highest BCUT2D eigenvalue weighted by Crippen LogP contribution is 2.19. The summed E-state index contributed by atoms with van der Waals surface area (Å²) in [5.41, 5.74) is 0. The lowest BCUT2D eigenvalue weighted by atomic mass is 10.0. The van der Waals surface area contributed by atoms with E-state index in [0.29, 0.717) is 13.1 Å². The van der Waals surface area contributed by atoms with Gasteiger partial charge in [0.1, 0.15) is 6.04 Å². The van der Waals surface area contributed by atoms with Crippen LogP contribution < -0.4 is 0 Å². The minimum atomic E-state index is -0.768. The van der Waals surface area contributed by atoms with Gasteiger partial charge >= 0.3 is 5.97 Å². The second-order valence-corrected chi connectivity index (χ2v) is 4.30. The van der Waals surface area contributed by atoms with Gasteiger partial charge in [0, 0.05) is 13.1 Å². The number of likely N-dealkylation sites (tertiary alicyclic amines) is 1. The molecule has 0 spiro atoms. The van der Waals surface area contributed by atoms with Crippen molar-refractivity contribution in [3.8, 4) is 0 Å². The molecule has 0 aromatic carbocycles. The maximum Gasteiger partial charge on any atom is 0.323 e. The van der Waals surface area contributed by atoms with Crippen molar-refractivity contribution in [3.05, 3.63) is 0 Å². The van der Waals surface area contributed by atoms with Crippen LogP contribution in [0.5, 0.6) is 0 Å². The summed E-state index contributed by atoms with van der Waals surface area (Å²) in [5.74, 6) is -0.221. The van der Waals surface area contributed by atoms with E-state index < -0.39 is 12.2 Å². The van der Waals surface area contributed by atoms with Gasteiger partial charge in [0.25, 0.3) is 0 Å². The lowest BCUT2D eigenvalue weighted by molar-refractivity contribution is -0.148. The summed E-state index contributed by atoms with van der Waals surface area (Å²) in [6, 6.07) is -0.387. The normalized spacial score (nSPS) is 29.5. The first-order valence-electron chi connectivity index (χ1n) is 5.15. The zero-order chi connectivity index (χ0) is 11.6. The van der Waals surface area contributed by atoms with Crippen LogP contribution in [0.25, 0.3) is 0 Å². The van der Waals surface area contributed by atoms with Gasteiger partial charge in [-0.1, -0.05) is 13.8 Å². The molecule has 2 unspecified atom stereocenters. The molecule has 15 heavy (non-hydrogen) atoms. The molecule has 0 aliphatic carbocycles. The topological polar surface area (TPSA) is 70.0 Å². The van der Waals surface area contributed by atoms with Crippen LogP contribution in [-0.2, 0) is 9.53 Å². The van der Waals surface area contributed by atoms with E-state index in [1.165, 1.54) is 7.11 Å². The number of nitrogens with zero attached hydrogens (tertiary/aromatic N) is 1. The van der Waals surface area contributed by atoms with Gasteiger partial charge in [-0.25, -0.2) is 0 Å². The van der Waals surface area contributed by atoms with E-state index in [1.807, 2.05) is 13.8 Å². The fraction of sp³-hybridized carbons (Fsp3) is 0.900. The summed E-state index contributed by atoms with van der Waals surface area (Å²) in [6.07, 6.45) is -1.54. The second-order valence-electron chi connectivity index (χ2n) is 4.30. The number of hydrogen-bond donors (Lipinski definition) is 2. The number of β-amino-alcohol motifs (C(OH)–C–C–N with tert-alkyl or cyclic N) is 2. The zero-order valence-electron chi connectivity index (χ0n) is 9.38. The molecule has 0 aromatic rings. The highest BCUT2D eigenvalue weighted by atomic mass is 16.5. The summed E-state index contributed by atoms with van der Waals surface area (Å²) in [5, 5.41) is 18.8. The minimum Gasteiger partial charge on any atom is -0.468 e. The average Bonchev–Trinajstić information content (AvgIpc) is 2.46. The third-order valence-electron chi connectivity index (χ3n) is 2.75. The molecule has 1 fully saturated rings. The molecular formula is C10H19NO4. The number of carbonyl (C=O) groups excluding carboxylic acids is 1. The molecule has 1 heterocycles. The molecule has 0 radical (unpaired) electrons. The highest BCUT2D eigenvalue weighted by Gasteiger charge is 2.38. The van der Waals surface area contributed by atoms with Gasteiger partial charge in [-0.3, -0.25) is 9.69 Å². The molecule has 0 bridgehead atoms. The molecule has 1 rings (SSSR count). The standard InChI is InChI=1S/C10H19NO4/c1-6(2)9(10(14)15-3)11-4-7(12)8(13)5-11/h6-9,12-13H,4-5H2,1-3H3/t7?,8?,9-/m0/s1. The highest BCUT2D eigenvalue weighted by molar-refractivity contribution is 5.76. The number of methoxy groups -OCH3 is 1. The van der Waals surface area contributed by atoms with E-state index in [1.54, 1.807) is 4.90 Å². The van der Waals surface area contributed by atoms with Crippen molar-refractivity contribution in [2.24, 2.45) is 5.92 Å². The van der Waals surface area contributed by atoms with Crippen LogP contribution in [-0.4, -0.2) is 59.5 Å². The quantitative estimate of drug-likeness (QED) is 0.607. The number of esters is 1. The fourth-order valence-corrected chi connectivity index (χ4v) is 1.99. The first kappa shape index (κ1) is 12.4. The van der Waals surface area contributed by atoms with Crippen LogP contribution in [0.2, 0.25) is 0 Å². The maximum atomic E-state index is 11.5. The Kier molecular flexibility index (Phi) is 4.07. The molecule has 1 saturated heterocycles. The Morgan fingerprint density at radius 1 is 1.33 bits per heavy atom. The van der Waals surface area contributed by atoms with Crippen molar-refractivity contribution in [2.75, 3.05) is 20.2 Å². The summed E-state index contributed by atoms with van der Waals surface area (Å²) in [4.78, 5) is 13.3. The molecule has 2 N–H and O–H groups in total. The van der Waals surface area contributed by atoms with E-state index in [9.17, 15) is 15.0 Å². The largest absolute Gasteiger partial charge is 0.468 e. The molecule has 5 heteroatoms. The fourth-order valence-electron chi connectivity index (χ4n) is 1.99. The van der Waals surface area contributed by atoms with Gasteiger partial charge in [0.05, 0.1) is 19.3 Å². The third-order valence-corrected chi connectivity index (χ3v) is 2.75. The summed E-state index contributed by atoms with van der Waals surface area (Å²) >= 11 is 0. The van der Waals surface area contributed by atoms with Gasteiger partial charge in [-0.2, -0.15) is 0 Å². The zero-order valence-corrected chi connectivity index (χ0v) is 9.38. The molecule has 88 valence electrons. The summed E-state index contributed by atoms with van der Waals surface area (Å²) < 4.78 is 4.71. The van der Waals surface area contributed by atoms with Gasteiger partial charge in [0.2, 0.25) is 0 Å². The maximum absolute atomic E-state index is 11.5. The van der Waals surface area contributed by atoms with Crippen LogP contribution in [0.4, 0.5) is 0 Å². The Bertz CT molecular complexity index is 221. The van der Waals surface area contributed by atoms with E-state index >= 15 is 0 Å². The van der Waals surface area contributed by atoms with Crippen molar-refractivity contribution in [3.63, 3.8) is 0 Å². The molecule has 0 saturated carbocycles. The molecule has 1 aliphatic rings. The van der Waals surface area contributed by atoms with Crippen LogP contribution in [0.1, 0.15) is 13.8 Å². The first-order valence-corrected chi connectivity index (χ1v) is 5.15. The third kappa shape index (κ3) is 2.68. The van der Waals surface area contributed by atoms with Crippen LogP contribution in [0.15, 0.2) is 0 Å². The Labute approximate surface area is 89.6 Å². The van der Waals surface area contributed by atoms with Crippen LogP contribution in [0.3, 0.4) is 0 Å². The lowest BCUT2D eigenvalue weighted by Gasteiger charge is -2.27. The number of aliphatic hydroxyl groups is 2. The minimum absolute atomic E-state index is 0.0925. The number of aliphatic hydroxyl groups excluding tert-OH is 2. The Hall–Kier alpha value is -0.650. The molecule has 1 aliphatic heterocycles. The first-order chi connectivity index (χ1) is 6.97. The number of ether oxygens (including phenoxy) is 1. The Morgan fingerprint density at radius 2 is 1.80 bits per heavy atom. The Balaban J connectivity index is 2.70. The number of carbonyl (C=O) groups is 1. The SMILES string of the molecule is COC(=O)[C@H](C(C)C)N1CC(O)C(O)C1. The number of hydrogen-bond acceptors (Lipinski definition) is 5. The number of rotatable bonds is 3. The predicted molar refractivity (Wildman–Crippen MR) is 54.2 cm³/mol. The Morgan fingerprint density at radius 3 is 2.13 bits per heavy atom. The smallest absolute Gasteiger partial charge is 0.323 e. The van der Waals surface area contributed by atoms with E-state index in [4.69, 9.17) is 4.74 Å². The predicted octanol–water partition coefficient (Wildman–Crippen LogP) is -0.779.